The normalized spacial score (nSPS) is 24.3. The Labute approximate surface area is 174 Å². The number of pyridine rings is 1. The lowest BCUT2D eigenvalue weighted by atomic mass is 9.95. The maximum atomic E-state index is 13.1. The van der Waals surface area contributed by atoms with Crippen molar-refractivity contribution < 1.29 is 22.7 Å². The Kier molecular flexibility index (Phi) is 6.48. The molecule has 166 valence electrons. The number of likely N-dealkylation sites (tertiary alicyclic amines) is 1. The van der Waals surface area contributed by atoms with Crippen LogP contribution in [-0.4, -0.2) is 72.7 Å². The quantitative estimate of drug-likeness (QED) is 0.727. The zero-order valence-corrected chi connectivity index (χ0v) is 17.0. The molecule has 1 unspecified atom stereocenters. The second kappa shape index (κ2) is 9.09. The van der Waals surface area contributed by atoms with Gasteiger partial charge in [0.05, 0.1) is 11.7 Å². The summed E-state index contributed by atoms with van der Waals surface area (Å²) in [6.45, 7) is 4.63. The molecule has 1 atom stereocenters. The van der Waals surface area contributed by atoms with Gasteiger partial charge in [-0.25, -0.2) is 4.98 Å². The Morgan fingerprint density at radius 1 is 1.13 bits per heavy atom. The van der Waals surface area contributed by atoms with E-state index in [4.69, 9.17) is 4.74 Å². The van der Waals surface area contributed by atoms with Crippen molar-refractivity contribution in [1.29, 1.82) is 0 Å². The molecule has 2 saturated heterocycles. The minimum atomic E-state index is -4.47. The average molecular weight is 426 g/mol. The molecule has 1 aromatic rings. The number of anilines is 1. The lowest BCUT2D eigenvalue weighted by Crippen LogP contribution is -2.51. The third-order valence-electron chi connectivity index (χ3n) is 6.23. The molecule has 4 rings (SSSR count). The SMILES string of the molecule is O=C1COC(CNc2ncccc2C(F)(F)F)CN1CC1CCN(CC2CC2)CC1. The van der Waals surface area contributed by atoms with Gasteiger partial charge in [0.25, 0.3) is 0 Å². The summed E-state index contributed by atoms with van der Waals surface area (Å²) in [6.07, 6.45) is 1.39. The second-order valence-electron chi connectivity index (χ2n) is 8.70. The molecule has 1 N–H and O–H groups in total. The maximum Gasteiger partial charge on any atom is 0.419 e. The number of carbonyl (C=O) groups excluding carboxylic acids is 1. The van der Waals surface area contributed by atoms with Crippen LogP contribution in [0.1, 0.15) is 31.2 Å². The summed E-state index contributed by atoms with van der Waals surface area (Å²) in [6, 6.07) is 2.27. The van der Waals surface area contributed by atoms with E-state index in [0.29, 0.717) is 19.0 Å². The smallest absolute Gasteiger partial charge is 0.367 e. The standard InChI is InChI=1S/C21H29F3N4O2/c22-21(23,24)18-2-1-7-25-20(18)26-10-17-13-28(19(29)14-30-17)12-16-5-8-27(9-6-16)11-15-3-4-15/h1-2,7,15-17H,3-6,8-14H2,(H,25,26). The number of amides is 1. The van der Waals surface area contributed by atoms with Gasteiger partial charge < -0.3 is 19.9 Å². The zero-order chi connectivity index (χ0) is 21.1. The first kappa shape index (κ1) is 21.4. The first-order valence-electron chi connectivity index (χ1n) is 10.8. The van der Waals surface area contributed by atoms with Crippen molar-refractivity contribution in [2.75, 3.05) is 51.2 Å². The van der Waals surface area contributed by atoms with E-state index >= 15 is 0 Å². The largest absolute Gasteiger partial charge is 0.419 e. The molecule has 1 aromatic heterocycles. The van der Waals surface area contributed by atoms with Crippen LogP contribution in [0.4, 0.5) is 19.0 Å². The number of nitrogens with one attached hydrogen (secondary N) is 1. The van der Waals surface area contributed by atoms with Gasteiger partial charge in [0, 0.05) is 32.4 Å². The number of hydrogen-bond donors (Lipinski definition) is 1. The minimum Gasteiger partial charge on any atom is -0.367 e. The third kappa shape index (κ3) is 5.63. The van der Waals surface area contributed by atoms with Crippen molar-refractivity contribution in [3.05, 3.63) is 23.9 Å². The van der Waals surface area contributed by atoms with E-state index in [9.17, 15) is 18.0 Å². The van der Waals surface area contributed by atoms with Crippen molar-refractivity contribution in [2.45, 2.75) is 38.0 Å². The fourth-order valence-electron chi connectivity index (χ4n) is 4.29. The molecule has 3 aliphatic rings. The molecule has 3 fully saturated rings. The van der Waals surface area contributed by atoms with Gasteiger partial charge in [-0.3, -0.25) is 4.79 Å². The van der Waals surface area contributed by atoms with E-state index < -0.39 is 11.7 Å². The highest BCUT2D eigenvalue weighted by atomic mass is 19.4. The maximum absolute atomic E-state index is 13.1. The number of aromatic nitrogens is 1. The van der Waals surface area contributed by atoms with Crippen LogP contribution in [0.2, 0.25) is 0 Å². The van der Waals surface area contributed by atoms with Crippen LogP contribution in [0.25, 0.3) is 0 Å². The van der Waals surface area contributed by atoms with E-state index in [1.165, 1.54) is 31.6 Å². The Hall–Kier alpha value is -1.87. The Morgan fingerprint density at radius 2 is 1.87 bits per heavy atom. The summed E-state index contributed by atoms with van der Waals surface area (Å²) in [4.78, 5) is 20.5. The number of piperidine rings is 1. The molecular weight excluding hydrogens is 397 g/mol. The van der Waals surface area contributed by atoms with Crippen molar-refractivity contribution in [3.8, 4) is 0 Å². The number of carbonyl (C=O) groups is 1. The van der Waals surface area contributed by atoms with Gasteiger partial charge in [0.2, 0.25) is 5.91 Å². The monoisotopic (exact) mass is 426 g/mol. The van der Waals surface area contributed by atoms with Crippen LogP contribution < -0.4 is 5.32 Å². The van der Waals surface area contributed by atoms with E-state index in [1.807, 2.05) is 4.90 Å². The lowest BCUT2D eigenvalue weighted by molar-refractivity contribution is -0.149. The van der Waals surface area contributed by atoms with Gasteiger partial charge in [0.1, 0.15) is 12.4 Å². The van der Waals surface area contributed by atoms with Crippen LogP contribution in [0.3, 0.4) is 0 Å². The van der Waals surface area contributed by atoms with Gasteiger partial charge in [-0.1, -0.05) is 0 Å². The third-order valence-corrected chi connectivity index (χ3v) is 6.23. The zero-order valence-electron chi connectivity index (χ0n) is 17.0. The van der Waals surface area contributed by atoms with Crippen molar-refractivity contribution in [1.82, 2.24) is 14.8 Å². The van der Waals surface area contributed by atoms with E-state index in [-0.39, 0.29) is 31.0 Å². The highest BCUT2D eigenvalue weighted by Crippen LogP contribution is 2.33. The van der Waals surface area contributed by atoms with Crippen LogP contribution in [0, 0.1) is 11.8 Å². The van der Waals surface area contributed by atoms with Gasteiger partial charge in [-0.15, -0.1) is 0 Å². The summed E-state index contributed by atoms with van der Waals surface area (Å²) < 4.78 is 44.9. The van der Waals surface area contributed by atoms with Gasteiger partial charge in [-0.05, 0) is 62.7 Å². The van der Waals surface area contributed by atoms with Crippen LogP contribution in [0.5, 0.6) is 0 Å². The lowest BCUT2D eigenvalue weighted by Gasteiger charge is -2.38. The highest BCUT2D eigenvalue weighted by molar-refractivity contribution is 5.78. The molecule has 6 nitrogen and oxygen atoms in total. The number of nitrogens with zero attached hydrogens (tertiary/aromatic N) is 3. The molecule has 30 heavy (non-hydrogen) atoms. The van der Waals surface area contributed by atoms with Crippen molar-refractivity contribution in [2.24, 2.45) is 11.8 Å². The summed E-state index contributed by atoms with van der Waals surface area (Å²) >= 11 is 0. The van der Waals surface area contributed by atoms with E-state index in [0.717, 1.165) is 37.9 Å². The summed E-state index contributed by atoms with van der Waals surface area (Å²) in [5, 5.41) is 2.76. The Morgan fingerprint density at radius 3 is 2.57 bits per heavy atom. The molecule has 2 aliphatic heterocycles. The Balaban J connectivity index is 1.26. The predicted octanol–water partition coefficient (Wildman–Crippen LogP) is 2.86. The van der Waals surface area contributed by atoms with Crippen molar-refractivity contribution in [3.63, 3.8) is 0 Å². The molecular formula is C21H29F3N4O2. The topological polar surface area (TPSA) is 57.7 Å². The number of hydrogen-bond acceptors (Lipinski definition) is 5. The van der Waals surface area contributed by atoms with Crippen molar-refractivity contribution >= 4 is 11.7 Å². The molecule has 0 bridgehead atoms. The van der Waals surface area contributed by atoms with Crippen LogP contribution in [0.15, 0.2) is 18.3 Å². The summed E-state index contributed by atoms with van der Waals surface area (Å²) in [7, 11) is 0. The summed E-state index contributed by atoms with van der Waals surface area (Å²) in [5.74, 6) is 1.12. The highest BCUT2D eigenvalue weighted by Gasteiger charge is 2.35. The van der Waals surface area contributed by atoms with E-state index in [1.54, 1.807) is 0 Å². The molecule has 9 heteroatoms. The molecule has 3 heterocycles. The number of alkyl halides is 3. The molecule has 1 aliphatic carbocycles. The minimum absolute atomic E-state index is 0.0266. The number of halogens is 3. The first-order chi connectivity index (χ1) is 14.4. The van der Waals surface area contributed by atoms with Crippen LogP contribution >= 0.6 is 0 Å². The van der Waals surface area contributed by atoms with Crippen LogP contribution in [-0.2, 0) is 15.7 Å². The predicted molar refractivity (Wildman–Crippen MR) is 106 cm³/mol. The number of morpholine rings is 1. The summed E-state index contributed by atoms with van der Waals surface area (Å²) in [5.41, 5.74) is -0.799. The van der Waals surface area contributed by atoms with Gasteiger partial charge >= 0.3 is 6.18 Å². The van der Waals surface area contributed by atoms with Gasteiger partial charge in [0.15, 0.2) is 0 Å². The Bertz CT molecular complexity index is 733. The molecule has 0 radical (unpaired) electrons. The van der Waals surface area contributed by atoms with E-state index in [2.05, 4.69) is 15.2 Å². The molecule has 0 aromatic carbocycles. The molecule has 1 amide bonds. The first-order valence-corrected chi connectivity index (χ1v) is 10.8. The number of ether oxygens (including phenoxy) is 1. The molecule has 0 spiro atoms. The van der Waals surface area contributed by atoms with Gasteiger partial charge in [-0.2, -0.15) is 13.2 Å². The fourth-order valence-corrected chi connectivity index (χ4v) is 4.29. The molecule has 1 saturated carbocycles. The average Bonchev–Trinajstić information content (AvgIpc) is 3.53. The number of rotatable bonds is 7. The second-order valence-corrected chi connectivity index (χ2v) is 8.70. The fraction of sp³-hybridized carbons (Fsp3) is 0.714.